The van der Waals surface area contributed by atoms with Crippen LogP contribution in [0.4, 0.5) is 5.95 Å². The van der Waals surface area contributed by atoms with Crippen LogP contribution in [-0.2, 0) is 6.42 Å². The summed E-state index contributed by atoms with van der Waals surface area (Å²) in [5.41, 5.74) is 1.97. The van der Waals surface area contributed by atoms with Crippen molar-refractivity contribution in [3.63, 3.8) is 0 Å². The van der Waals surface area contributed by atoms with E-state index in [1.165, 1.54) is 6.39 Å². The maximum atomic E-state index is 4.65. The van der Waals surface area contributed by atoms with Gasteiger partial charge in [-0.15, -0.1) is 5.10 Å². The summed E-state index contributed by atoms with van der Waals surface area (Å²) in [6.45, 7) is 2.68. The van der Waals surface area contributed by atoms with E-state index in [1.54, 1.807) is 4.52 Å². The van der Waals surface area contributed by atoms with Gasteiger partial charge in [-0.05, 0) is 18.6 Å². The van der Waals surface area contributed by atoms with Crippen LogP contribution in [0.3, 0.4) is 0 Å². The number of hydrogen-bond acceptors (Lipinski definition) is 6. The molecule has 0 saturated heterocycles. The predicted molar refractivity (Wildman–Crippen MR) is 64.2 cm³/mol. The Labute approximate surface area is 103 Å². The second kappa shape index (κ2) is 4.44. The molecule has 0 aliphatic rings. The Kier molecular flexibility index (Phi) is 2.64. The minimum atomic E-state index is 0.601. The summed E-state index contributed by atoms with van der Waals surface area (Å²) >= 11 is 0. The molecule has 3 heterocycles. The molecule has 7 nitrogen and oxygen atoms in total. The molecule has 0 unspecified atom stereocenters. The third kappa shape index (κ3) is 2.15. The number of hydrogen-bond donors (Lipinski definition) is 1. The van der Waals surface area contributed by atoms with E-state index in [1.807, 2.05) is 25.3 Å². The van der Waals surface area contributed by atoms with Gasteiger partial charge in [-0.2, -0.15) is 9.97 Å². The zero-order valence-corrected chi connectivity index (χ0v) is 9.87. The lowest BCUT2D eigenvalue weighted by Crippen LogP contribution is -2.07. The number of aromatic nitrogens is 5. The largest absolute Gasteiger partial charge is 0.352 e. The Hall–Kier alpha value is -2.44. The zero-order chi connectivity index (χ0) is 12.4. The monoisotopic (exact) mass is 244 g/mol. The molecule has 3 rings (SSSR count). The first-order valence-electron chi connectivity index (χ1n) is 5.63. The molecule has 0 aliphatic heterocycles. The van der Waals surface area contributed by atoms with Crippen LogP contribution in [0.25, 0.3) is 5.65 Å². The van der Waals surface area contributed by atoms with Crippen molar-refractivity contribution in [2.24, 2.45) is 0 Å². The van der Waals surface area contributed by atoms with Crippen molar-refractivity contribution in [2.45, 2.75) is 13.3 Å². The lowest BCUT2D eigenvalue weighted by atomic mass is 10.3. The maximum Gasteiger partial charge on any atom is 0.243 e. The van der Waals surface area contributed by atoms with Gasteiger partial charge in [0.05, 0.1) is 0 Å². The molecule has 3 aromatic heterocycles. The Balaban J connectivity index is 1.67. The second-order valence-electron chi connectivity index (χ2n) is 3.97. The number of nitrogens with zero attached hydrogens (tertiary/aromatic N) is 5. The summed E-state index contributed by atoms with van der Waals surface area (Å²) in [5, 5.41) is 11.2. The molecule has 0 saturated carbocycles. The van der Waals surface area contributed by atoms with Gasteiger partial charge in [0.2, 0.25) is 12.3 Å². The average molecular weight is 244 g/mol. The zero-order valence-electron chi connectivity index (χ0n) is 9.87. The van der Waals surface area contributed by atoms with Crippen LogP contribution in [0, 0.1) is 6.92 Å². The highest BCUT2D eigenvalue weighted by molar-refractivity contribution is 5.44. The lowest BCUT2D eigenvalue weighted by molar-refractivity contribution is 0.410. The van der Waals surface area contributed by atoms with Crippen molar-refractivity contribution in [3.05, 3.63) is 36.1 Å². The van der Waals surface area contributed by atoms with Gasteiger partial charge in [0.15, 0.2) is 11.5 Å². The van der Waals surface area contributed by atoms with Crippen LogP contribution in [0.15, 0.2) is 29.2 Å². The molecule has 0 bridgehead atoms. The fraction of sp³-hybridized carbons (Fsp3) is 0.273. The van der Waals surface area contributed by atoms with Crippen LogP contribution in [0.1, 0.15) is 11.4 Å². The van der Waals surface area contributed by atoms with Crippen LogP contribution in [0.2, 0.25) is 0 Å². The number of anilines is 1. The van der Waals surface area contributed by atoms with Gasteiger partial charge < -0.3 is 9.84 Å². The third-order valence-electron chi connectivity index (χ3n) is 2.52. The first-order valence-corrected chi connectivity index (χ1v) is 5.63. The SMILES string of the molecule is Cc1ccc2nc(NCCc3ncon3)nn2c1. The van der Waals surface area contributed by atoms with Crippen LogP contribution in [0.5, 0.6) is 0 Å². The molecule has 0 atom stereocenters. The van der Waals surface area contributed by atoms with Crippen LogP contribution in [-0.4, -0.2) is 31.3 Å². The van der Waals surface area contributed by atoms with E-state index in [2.05, 4.69) is 30.1 Å². The van der Waals surface area contributed by atoms with Crippen molar-refractivity contribution in [1.82, 2.24) is 24.7 Å². The first-order chi connectivity index (χ1) is 8.81. The van der Waals surface area contributed by atoms with Gasteiger partial charge in [-0.3, -0.25) is 0 Å². The summed E-state index contributed by atoms with van der Waals surface area (Å²) in [4.78, 5) is 8.29. The molecular formula is C11H12N6O. The van der Waals surface area contributed by atoms with E-state index >= 15 is 0 Å². The first kappa shape index (κ1) is 10.7. The Morgan fingerprint density at radius 2 is 2.33 bits per heavy atom. The molecule has 18 heavy (non-hydrogen) atoms. The van der Waals surface area contributed by atoms with Crippen molar-refractivity contribution >= 4 is 11.6 Å². The van der Waals surface area contributed by atoms with Crippen molar-refractivity contribution in [1.29, 1.82) is 0 Å². The molecule has 0 spiro atoms. The quantitative estimate of drug-likeness (QED) is 0.739. The molecular weight excluding hydrogens is 232 g/mol. The number of fused-ring (bicyclic) bond motifs is 1. The van der Waals surface area contributed by atoms with Gasteiger partial charge in [0.1, 0.15) is 0 Å². The lowest BCUT2D eigenvalue weighted by Gasteiger charge is -1.96. The number of rotatable bonds is 4. The minimum absolute atomic E-state index is 0.601. The average Bonchev–Trinajstić information content (AvgIpc) is 2.97. The Morgan fingerprint density at radius 1 is 1.39 bits per heavy atom. The predicted octanol–water partition coefficient (Wildman–Crippen LogP) is 1.08. The molecule has 0 aromatic carbocycles. The standard InChI is InChI=1S/C11H12N6O/c1-8-2-3-10-14-11(15-17(10)6-8)12-5-4-9-13-7-18-16-9/h2-3,6-7H,4-5H2,1H3,(H,12,15). The Morgan fingerprint density at radius 3 is 3.17 bits per heavy atom. The summed E-state index contributed by atoms with van der Waals surface area (Å²) in [5.74, 6) is 1.27. The number of nitrogens with one attached hydrogen (secondary N) is 1. The molecule has 0 radical (unpaired) electrons. The molecule has 3 aromatic rings. The van der Waals surface area contributed by atoms with Crippen molar-refractivity contribution < 1.29 is 4.52 Å². The molecule has 0 amide bonds. The summed E-state index contributed by atoms with van der Waals surface area (Å²) in [7, 11) is 0. The number of pyridine rings is 1. The molecule has 92 valence electrons. The summed E-state index contributed by atoms with van der Waals surface area (Å²) in [6.07, 6.45) is 3.93. The summed E-state index contributed by atoms with van der Waals surface area (Å²) < 4.78 is 6.41. The highest BCUT2D eigenvalue weighted by atomic mass is 16.5. The van der Waals surface area contributed by atoms with Gasteiger partial charge in [-0.1, -0.05) is 11.2 Å². The molecule has 0 fully saturated rings. The maximum absolute atomic E-state index is 4.65. The van der Waals surface area contributed by atoms with E-state index in [-0.39, 0.29) is 0 Å². The number of aryl methyl sites for hydroxylation is 1. The van der Waals surface area contributed by atoms with Crippen LogP contribution < -0.4 is 5.32 Å². The topological polar surface area (TPSA) is 81.1 Å². The third-order valence-corrected chi connectivity index (χ3v) is 2.52. The van der Waals surface area contributed by atoms with E-state index in [9.17, 15) is 0 Å². The van der Waals surface area contributed by atoms with E-state index in [4.69, 9.17) is 0 Å². The van der Waals surface area contributed by atoms with Gasteiger partial charge in [0, 0.05) is 19.2 Å². The molecule has 1 N–H and O–H groups in total. The molecule has 7 heteroatoms. The molecule has 0 aliphatic carbocycles. The highest BCUT2D eigenvalue weighted by Crippen LogP contribution is 2.06. The highest BCUT2D eigenvalue weighted by Gasteiger charge is 2.03. The smallest absolute Gasteiger partial charge is 0.243 e. The second-order valence-corrected chi connectivity index (χ2v) is 3.97. The fourth-order valence-electron chi connectivity index (χ4n) is 1.65. The van der Waals surface area contributed by atoms with E-state index in [0.29, 0.717) is 24.7 Å². The van der Waals surface area contributed by atoms with Crippen molar-refractivity contribution in [2.75, 3.05) is 11.9 Å². The minimum Gasteiger partial charge on any atom is -0.352 e. The van der Waals surface area contributed by atoms with Crippen LogP contribution >= 0.6 is 0 Å². The summed E-state index contributed by atoms with van der Waals surface area (Å²) in [6, 6.07) is 3.94. The van der Waals surface area contributed by atoms with Gasteiger partial charge in [0.25, 0.3) is 0 Å². The van der Waals surface area contributed by atoms with E-state index in [0.717, 1.165) is 11.2 Å². The fourth-order valence-corrected chi connectivity index (χ4v) is 1.65. The normalized spacial score (nSPS) is 10.9. The van der Waals surface area contributed by atoms with Crippen molar-refractivity contribution in [3.8, 4) is 0 Å². The van der Waals surface area contributed by atoms with Gasteiger partial charge >= 0.3 is 0 Å². The van der Waals surface area contributed by atoms with E-state index < -0.39 is 0 Å². The Bertz CT molecular complexity index is 645. The van der Waals surface area contributed by atoms with Gasteiger partial charge in [-0.25, -0.2) is 4.52 Å².